The highest BCUT2D eigenvalue weighted by Gasteiger charge is 2.36. The summed E-state index contributed by atoms with van der Waals surface area (Å²) in [5.41, 5.74) is 0.331. The maximum absolute atomic E-state index is 12.9. The zero-order chi connectivity index (χ0) is 16.2. The van der Waals surface area contributed by atoms with E-state index in [0.717, 1.165) is 0 Å². The highest BCUT2D eigenvalue weighted by molar-refractivity contribution is 5.85. The van der Waals surface area contributed by atoms with E-state index in [9.17, 15) is 22.0 Å². The molecule has 0 spiro atoms. The molecule has 1 heterocycles. The number of rotatable bonds is 5. The van der Waals surface area contributed by atoms with E-state index >= 15 is 0 Å². The van der Waals surface area contributed by atoms with Gasteiger partial charge in [0.05, 0.1) is 6.42 Å². The van der Waals surface area contributed by atoms with Crippen molar-refractivity contribution in [2.24, 2.45) is 0 Å². The Balaban J connectivity index is 0.00000264. The summed E-state index contributed by atoms with van der Waals surface area (Å²) in [5, 5.41) is 3.07. The van der Waals surface area contributed by atoms with Crippen molar-refractivity contribution in [2.45, 2.75) is 25.3 Å². The highest BCUT2D eigenvalue weighted by Crippen LogP contribution is 2.35. The molecular formula is C14H18ClF5N2O. The van der Waals surface area contributed by atoms with E-state index < -0.39 is 25.3 Å². The van der Waals surface area contributed by atoms with Gasteiger partial charge < -0.3 is 10.1 Å². The molecule has 0 aliphatic carbocycles. The summed E-state index contributed by atoms with van der Waals surface area (Å²) >= 11 is 0. The molecule has 0 saturated carbocycles. The zero-order valence-electron chi connectivity index (χ0n) is 12.2. The smallest absolute Gasteiger partial charge is 0.390 e. The van der Waals surface area contributed by atoms with Gasteiger partial charge in [0, 0.05) is 32.2 Å². The van der Waals surface area contributed by atoms with Crippen LogP contribution in [0.4, 0.5) is 22.0 Å². The van der Waals surface area contributed by atoms with Crippen molar-refractivity contribution in [1.82, 2.24) is 10.2 Å². The molecule has 23 heavy (non-hydrogen) atoms. The fourth-order valence-corrected chi connectivity index (χ4v) is 2.57. The van der Waals surface area contributed by atoms with Gasteiger partial charge in [-0.1, -0.05) is 12.1 Å². The average Bonchev–Trinajstić information content (AvgIpc) is 2.44. The lowest BCUT2D eigenvalue weighted by Crippen LogP contribution is -2.46. The number of nitrogens with zero attached hydrogens (tertiary/aromatic N) is 1. The first-order valence-electron chi connectivity index (χ1n) is 6.91. The molecule has 0 aromatic heterocycles. The molecule has 1 fully saturated rings. The molecule has 1 atom stereocenters. The van der Waals surface area contributed by atoms with Crippen LogP contribution in [-0.2, 0) is 0 Å². The van der Waals surface area contributed by atoms with Crippen molar-refractivity contribution >= 4 is 12.4 Å². The summed E-state index contributed by atoms with van der Waals surface area (Å²) in [6, 6.07) is 4.60. The van der Waals surface area contributed by atoms with Crippen molar-refractivity contribution in [3.63, 3.8) is 0 Å². The Morgan fingerprint density at radius 1 is 1.17 bits per heavy atom. The number of hydrogen-bond acceptors (Lipinski definition) is 3. The summed E-state index contributed by atoms with van der Waals surface area (Å²) in [5.74, 6) is -0.130. The second-order valence-corrected chi connectivity index (χ2v) is 5.07. The third-order valence-corrected chi connectivity index (χ3v) is 3.49. The number of piperazine rings is 1. The molecular weight excluding hydrogens is 343 g/mol. The van der Waals surface area contributed by atoms with Gasteiger partial charge in [-0.25, -0.2) is 0 Å². The fraction of sp³-hybridized carbons (Fsp3) is 0.571. The summed E-state index contributed by atoms with van der Waals surface area (Å²) < 4.78 is 67.4. The SMILES string of the molecule is Cl.FC(F)Oc1cccc([C@@H](CC(F)(F)F)N2CCNCC2)c1. The van der Waals surface area contributed by atoms with Crippen LogP contribution in [0, 0.1) is 0 Å². The predicted molar refractivity (Wildman–Crippen MR) is 78.2 cm³/mol. The molecule has 0 bridgehead atoms. The first-order chi connectivity index (χ1) is 10.3. The zero-order valence-corrected chi connectivity index (χ0v) is 13.0. The van der Waals surface area contributed by atoms with Crippen LogP contribution >= 0.6 is 12.4 Å². The van der Waals surface area contributed by atoms with Crippen molar-refractivity contribution < 1.29 is 26.7 Å². The normalized spacial score (nSPS) is 17.7. The molecule has 3 nitrogen and oxygen atoms in total. The minimum atomic E-state index is -4.34. The molecule has 9 heteroatoms. The Bertz CT molecular complexity index is 480. The van der Waals surface area contributed by atoms with E-state index in [4.69, 9.17) is 0 Å². The van der Waals surface area contributed by atoms with Crippen LogP contribution < -0.4 is 10.1 Å². The van der Waals surface area contributed by atoms with Crippen LogP contribution in [-0.4, -0.2) is 43.9 Å². The van der Waals surface area contributed by atoms with Gasteiger partial charge in [-0.3, -0.25) is 4.90 Å². The third-order valence-electron chi connectivity index (χ3n) is 3.49. The first kappa shape index (κ1) is 19.9. The lowest BCUT2D eigenvalue weighted by molar-refractivity contribution is -0.148. The lowest BCUT2D eigenvalue weighted by Gasteiger charge is -2.35. The quantitative estimate of drug-likeness (QED) is 0.812. The van der Waals surface area contributed by atoms with Crippen LogP contribution in [0.2, 0.25) is 0 Å². The Hall–Kier alpha value is -1.12. The Labute approximate surface area is 137 Å². The van der Waals surface area contributed by atoms with E-state index in [1.807, 2.05) is 0 Å². The molecule has 1 N–H and O–H groups in total. The summed E-state index contributed by atoms with van der Waals surface area (Å²) in [4.78, 5) is 1.71. The molecule has 1 aliphatic heterocycles. The van der Waals surface area contributed by atoms with Gasteiger partial charge in [-0.2, -0.15) is 22.0 Å². The van der Waals surface area contributed by atoms with Crippen LogP contribution in [0.5, 0.6) is 5.75 Å². The van der Waals surface area contributed by atoms with Crippen LogP contribution in [0.1, 0.15) is 18.0 Å². The number of ether oxygens (including phenoxy) is 1. The number of alkyl halides is 5. The van der Waals surface area contributed by atoms with Gasteiger partial charge in [-0.05, 0) is 17.7 Å². The number of hydrogen-bond donors (Lipinski definition) is 1. The highest BCUT2D eigenvalue weighted by atomic mass is 35.5. The van der Waals surface area contributed by atoms with Crippen LogP contribution in [0.3, 0.4) is 0 Å². The molecule has 132 valence electrons. The van der Waals surface area contributed by atoms with Gasteiger partial charge in [0.1, 0.15) is 5.75 Å². The Kier molecular flexibility index (Phi) is 7.50. The minimum Gasteiger partial charge on any atom is -0.435 e. The largest absolute Gasteiger partial charge is 0.435 e. The number of benzene rings is 1. The van der Waals surface area contributed by atoms with E-state index in [2.05, 4.69) is 10.1 Å². The molecule has 2 rings (SSSR count). The predicted octanol–water partition coefficient (Wildman–Crippen LogP) is 3.61. The summed E-state index contributed by atoms with van der Waals surface area (Å²) in [6.45, 7) is -0.861. The number of halogens is 6. The summed E-state index contributed by atoms with van der Waals surface area (Å²) in [7, 11) is 0. The van der Waals surface area contributed by atoms with E-state index in [0.29, 0.717) is 31.7 Å². The first-order valence-corrected chi connectivity index (χ1v) is 6.91. The molecule has 0 amide bonds. The van der Waals surface area contributed by atoms with Gasteiger partial charge in [-0.15, -0.1) is 12.4 Å². The van der Waals surface area contributed by atoms with E-state index in [1.54, 1.807) is 4.90 Å². The van der Waals surface area contributed by atoms with Crippen molar-refractivity contribution in [3.8, 4) is 5.75 Å². The average molecular weight is 361 g/mol. The maximum Gasteiger partial charge on any atom is 0.390 e. The Morgan fingerprint density at radius 3 is 2.39 bits per heavy atom. The standard InChI is InChI=1S/C14H17F5N2O.ClH/c15-13(16)22-11-3-1-2-10(8-11)12(9-14(17,18)19)21-6-4-20-5-7-21;/h1-3,8,12-13,20H,4-7,9H2;1H/t12-;/m1./s1. The summed E-state index contributed by atoms with van der Waals surface area (Å²) in [6.07, 6.45) is -5.36. The van der Waals surface area contributed by atoms with E-state index in [1.165, 1.54) is 24.3 Å². The molecule has 1 saturated heterocycles. The molecule has 1 aromatic rings. The Morgan fingerprint density at radius 2 is 1.83 bits per heavy atom. The molecule has 0 radical (unpaired) electrons. The van der Waals surface area contributed by atoms with Crippen molar-refractivity contribution in [1.29, 1.82) is 0 Å². The fourth-order valence-electron chi connectivity index (χ4n) is 2.57. The minimum absolute atomic E-state index is 0. The lowest BCUT2D eigenvalue weighted by atomic mass is 10.0. The topological polar surface area (TPSA) is 24.5 Å². The molecule has 1 aromatic carbocycles. The van der Waals surface area contributed by atoms with Gasteiger partial charge in [0.2, 0.25) is 0 Å². The van der Waals surface area contributed by atoms with Crippen molar-refractivity contribution in [3.05, 3.63) is 29.8 Å². The maximum atomic E-state index is 12.9. The van der Waals surface area contributed by atoms with Crippen LogP contribution in [0.25, 0.3) is 0 Å². The van der Waals surface area contributed by atoms with Crippen LogP contribution in [0.15, 0.2) is 24.3 Å². The second-order valence-electron chi connectivity index (χ2n) is 5.07. The van der Waals surface area contributed by atoms with E-state index in [-0.39, 0.29) is 18.2 Å². The monoisotopic (exact) mass is 360 g/mol. The molecule has 1 aliphatic rings. The molecule has 0 unspecified atom stereocenters. The number of nitrogens with one attached hydrogen (secondary N) is 1. The van der Waals surface area contributed by atoms with Gasteiger partial charge in [0.25, 0.3) is 0 Å². The van der Waals surface area contributed by atoms with Gasteiger partial charge in [0.15, 0.2) is 0 Å². The second kappa shape index (κ2) is 8.65. The third kappa shape index (κ3) is 6.48. The van der Waals surface area contributed by atoms with Crippen molar-refractivity contribution in [2.75, 3.05) is 26.2 Å². The van der Waals surface area contributed by atoms with Gasteiger partial charge >= 0.3 is 12.8 Å².